The van der Waals surface area contributed by atoms with E-state index in [2.05, 4.69) is 19.8 Å². The zero-order valence-electron chi connectivity index (χ0n) is 12.5. The van der Waals surface area contributed by atoms with Crippen LogP contribution < -0.4 is 0 Å². The summed E-state index contributed by atoms with van der Waals surface area (Å²) < 4.78 is 9.58. The molecule has 7 nitrogen and oxygen atoms in total. The van der Waals surface area contributed by atoms with Crippen LogP contribution in [-0.4, -0.2) is 30.9 Å². The van der Waals surface area contributed by atoms with Crippen molar-refractivity contribution in [2.45, 2.75) is 46.5 Å². The molecule has 0 atom stereocenters. The Morgan fingerprint density at radius 2 is 2.05 bits per heavy atom. The molecular weight excluding hydrogens is 292 g/mol. The van der Waals surface area contributed by atoms with Crippen LogP contribution in [0.4, 0.5) is 0 Å². The quantitative estimate of drug-likeness (QED) is 0.875. The molecule has 0 saturated heterocycles. The number of rotatable bonds is 6. The van der Waals surface area contributed by atoms with E-state index >= 15 is 0 Å². The molecule has 21 heavy (non-hydrogen) atoms. The minimum atomic E-state index is -0.839. The highest BCUT2D eigenvalue weighted by Gasteiger charge is 2.26. The number of nitrogens with zero attached hydrogens (tertiary/aromatic N) is 4. The molecular formula is C13H18N4O3S. The van der Waals surface area contributed by atoms with E-state index in [9.17, 15) is 4.79 Å². The van der Waals surface area contributed by atoms with E-state index in [0.29, 0.717) is 18.2 Å². The zero-order valence-corrected chi connectivity index (χ0v) is 13.3. The van der Waals surface area contributed by atoms with Gasteiger partial charge >= 0.3 is 5.97 Å². The van der Waals surface area contributed by atoms with E-state index in [1.54, 1.807) is 0 Å². The van der Waals surface area contributed by atoms with Gasteiger partial charge in [-0.25, -0.2) is 0 Å². The first-order valence-corrected chi connectivity index (χ1v) is 7.42. The fourth-order valence-electron chi connectivity index (χ4n) is 2.02. The topological polar surface area (TPSA) is 102 Å². The zero-order chi connectivity index (χ0) is 15.6. The highest BCUT2D eigenvalue weighted by Crippen LogP contribution is 2.31. The summed E-state index contributed by atoms with van der Waals surface area (Å²) in [5.74, 6) is 0.209. The molecule has 0 bridgehead atoms. The maximum absolute atomic E-state index is 10.8. The Morgan fingerprint density at radius 1 is 1.33 bits per heavy atom. The van der Waals surface area contributed by atoms with Gasteiger partial charge in [0.15, 0.2) is 0 Å². The van der Waals surface area contributed by atoms with Crippen molar-refractivity contribution in [1.82, 2.24) is 19.8 Å². The summed E-state index contributed by atoms with van der Waals surface area (Å²) in [6.45, 7) is 7.76. The van der Waals surface area contributed by atoms with E-state index < -0.39 is 11.4 Å². The lowest BCUT2D eigenvalue weighted by Gasteiger charge is -2.19. The minimum absolute atomic E-state index is 0.0457. The lowest BCUT2D eigenvalue weighted by Crippen LogP contribution is -2.19. The molecule has 0 aliphatic carbocycles. The van der Waals surface area contributed by atoms with Crippen molar-refractivity contribution in [2.75, 3.05) is 0 Å². The molecule has 8 heteroatoms. The summed E-state index contributed by atoms with van der Waals surface area (Å²) in [4.78, 5) is 11.6. The van der Waals surface area contributed by atoms with E-state index in [0.717, 1.165) is 10.6 Å². The summed E-state index contributed by atoms with van der Waals surface area (Å²) in [5, 5.41) is 21.0. The highest BCUT2D eigenvalue weighted by molar-refractivity contribution is 7.09. The molecule has 2 aromatic heterocycles. The third kappa shape index (κ3) is 3.84. The van der Waals surface area contributed by atoms with Crippen LogP contribution >= 0.6 is 11.5 Å². The second kappa shape index (κ2) is 5.88. The van der Waals surface area contributed by atoms with Gasteiger partial charge in [-0.3, -0.25) is 4.79 Å². The SMILES string of the molecule is CC(C)c1nnsc1-c1nnc(CC(C)(C)CC(=O)O)o1. The van der Waals surface area contributed by atoms with Gasteiger partial charge in [0.2, 0.25) is 5.89 Å². The second-order valence-electron chi connectivity index (χ2n) is 6.05. The molecule has 0 amide bonds. The maximum atomic E-state index is 10.8. The lowest BCUT2D eigenvalue weighted by atomic mass is 9.86. The molecule has 0 aromatic carbocycles. The average Bonchev–Trinajstić information content (AvgIpc) is 2.93. The number of carboxylic acid groups (broad SMARTS) is 1. The van der Waals surface area contributed by atoms with Gasteiger partial charge in [-0.2, -0.15) is 0 Å². The molecule has 2 aromatic rings. The maximum Gasteiger partial charge on any atom is 0.303 e. The molecule has 2 heterocycles. The fourth-order valence-corrected chi connectivity index (χ4v) is 2.76. The van der Waals surface area contributed by atoms with Crippen molar-refractivity contribution in [3.05, 3.63) is 11.6 Å². The summed E-state index contributed by atoms with van der Waals surface area (Å²) >= 11 is 1.22. The third-order valence-corrected chi connectivity index (χ3v) is 3.71. The van der Waals surface area contributed by atoms with Crippen LogP contribution in [0, 0.1) is 5.41 Å². The molecule has 1 N–H and O–H groups in total. The van der Waals surface area contributed by atoms with Crippen molar-refractivity contribution >= 4 is 17.5 Å². The Kier molecular flexibility index (Phi) is 4.36. The van der Waals surface area contributed by atoms with Gasteiger partial charge < -0.3 is 9.52 Å². The Hall–Kier alpha value is -1.83. The lowest BCUT2D eigenvalue weighted by molar-refractivity contribution is -0.139. The Labute approximate surface area is 126 Å². The van der Waals surface area contributed by atoms with Gasteiger partial charge in [0.25, 0.3) is 5.89 Å². The molecule has 0 saturated carbocycles. The van der Waals surface area contributed by atoms with Crippen molar-refractivity contribution in [2.24, 2.45) is 5.41 Å². The van der Waals surface area contributed by atoms with Crippen molar-refractivity contribution in [3.8, 4) is 10.8 Å². The van der Waals surface area contributed by atoms with Crippen LogP contribution in [0.5, 0.6) is 0 Å². The predicted molar refractivity (Wildman–Crippen MR) is 77.0 cm³/mol. The monoisotopic (exact) mass is 310 g/mol. The van der Waals surface area contributed by atoms with Crippen molar-refractivity contribution in [1.29, 1.82) is 0 Å². The van der Waals surface area contributed by atoms with Crippen LogP contribution in [0.2, 0.25) is 0 Å². The van der Waals surface area contributed by atoms with E-state index in [1.807, 2.05) is 27.7 Å². The van der Waals surface area contributed by atoms with Gasteiger partial charge in [-0.15, -0.1) is 15.3 Å². The number of hydrogen-bond acceptors (Lipinski definition) is 7. The minimum Gasteiger partial charge on any atom is -0.481 e. The van der Waals surface area contributed by atoms with Crippen molar-refractivity contribution < 1.29 is 14.3 Å². The second-order valence-corrected chi connectivity index (χ2v) is 6.81. The average molecular weight is 310 g/mol. The summed E-state index contributed by atoms with van der Waals surface area (Å²) in [6.07, 6.45) is 0.458. The van der Waals surface area contributed by atoms with Crippen LogP contribution in [-0.2, 0) is 11.2 Å². The Bertz CT molecular complexity index is 633. The highest BCUT2D eigenvalue weighted by atomic mass is 32.1. The first-order chi connectivity index (χ1) is 9.78. The fraction of sp³-hybridized carbons (Fsp3) is 0.615. The first kappa shape index (κ1) is 15.6. The summed E-state index contributed by atoms with van der Waals surface area (Å²) in [6, 6.07) is 0. The number of aliphatic carboxylic acids is 1. The summed E-state index contributed by atoms with van der Waals surface area (Å²) in [7, 11) is 0. The predicted octanol–water partition coefficient (Wildman–Crippen LogP) is 2.75. The van der Waals surface area contributed by atoms with Crippen molar-refractivity contribution in [3.63, 3.8) is 0 Å². The molecule has 0 fully saturated rings. The van der Waals surface area contributed by atoms with Crippen LogP contribution in [0.15, 0.2) is 4.42 Å². The Morgan fingerprint density at radius 3 is 2.67 bits per heavy atom. The number of aromatic nitrogens is 4. The molecule has 0 aliphatic heterocycles. The molecule has 0 unspecified atom stereocenters. The molecule has 0 aliphatic rings. The molecule has 2 rings (SSSR count). The van der Waals surface area contributed by atoms with Crippen LogP contribution in [0.25, 0.3) is 10.8 Å². The Balaban J connectivity index is 2.18. The van der Waals surface area contributed by atoms with E-state index in [-0.39, 0.29) is 12.3 Å². The van der Waals surface area contributed by atoms with Gasteiger partial charge in [-0.05, 0) is 22.9 Å². The third-order valence-electron chi connectivity index (χ3n) is 2.98. The first-order valence-electron chi connectivity index (χ1n) is 6.65. The smallest absolute Gasteiger partial charge is 0.303 e. The molecule has 114 valence electrons. The van der Waals surface area contributed by atoms with Crippen LogP contribution in [0.3, 0.4) is 0 Å². The number of hydrogen-bond donors (Lipinski definition) is 1. The van der Waals surface area contributed by atoms with Gasteiger partial charge in [0, 0.05) is 6.42 Å². The van der Waals surface area contributed by atoms with E-state index in [4.69, 9.17) is 9.52 Å². The molecule has 0 spiro atoms. The van der Waals surface area contributed by atoms with Gasteiger partial charge in [-0.1, -0.05) is 32.2 Å². The number of carbonyl (C=O) groups is 1. The van der Waals surface area contributed by atoms with Gasteiger partial charge in [0.05, 0.1) is 12.1 Å². The largest absolute Gasteiger partial charge is 0.481 e. The summed E-state index contributed by atoms with van der Waals surface area (Å²) in [5.41, 5.74) is 0.391. The normalized spacial score (nSPS) is 12.0. The standard InChI is InChI=1S/C13H18N4O3S/c1-7(2)10-11(21-17-15-10)12-16-14-8(20-12)5-13(3,4)6-9(18)19/h7H,5-6H2,1-4H3,(H,18,19). The molecule has 0 radical (unpaired) electrons. The van der Waals surface area contributed by atoms with Gasteiger partial charge in [0.1, 0.15) is 4.88 Å². The van der Waals surface area contributed by atoms with E-state index in [1.165, 1.54) is 11.5 Å². The van der Waals surface area contributed by atoms with Crippen LogP contribution in [0.1, 0.15) is 51.6 Å². The number of carboxylic acids is 1.